The predicted octanol–water partition coefficient (Wildman–Crippen LogP) is 0.355. The van der Waals surface area contributed by atoms with Crippen LogP contribution in [0.5, 0.6) is 5.75 Å². The van der Waals surface area contributed by atoms with Crippen LogP contribution in [-0.2, 0) is 11.2 Å². The Balaban J connectivity index is 1.51. The second-order valence-electron chi connectivity index (χ2n) is 7.59. The molecule has 1 aliphatic heterocycles. The van der Waals surface area contributed by atoms with Gasteiger partial charge in [0.25, 0.3) is 0 Å². The fourth-order valence-corrected chi connectivity index (χ4v) is 4.08. The molecule has 0 spiro atoms. The van der Waals surface area contributed by atoms with Gasteiger partial charge in [0.05, 0.1) is 18.1 Å². The molecule has 9 heteroatoms. The molecule has 1 saturated carbocycles. The van der Waals surface area contributed by atoms with Gasteiger partial charge in [0.1, 0.15) is 5.75 Å². The van der Waals surface area contributed by atoms with Crippen LogP contribution in [0.2, 0.25) is 0 Å². The number of carbonyl (C=O) groups is 2. The van der Waals surface area contributed by atoms with E-state index in [0.717, 1.165) is 25.7 Å². The highest BCUT2D eigenvalue weighted by molar-refractivity contribution is 6.47. The van der Waals surface area contributed by atoms with Crippen molar-refractivity contribution in [2.75, 3.05) is 13.2 Å². The van der Waals surface area contributed by atoms with Gasteiger partial charge in [-0.2, -0.15) is 0 Å². The van der Waals surface area contributed by atoms with Crippen molar-refractivity contribution in [3.8, 4) is 5.75 Å². The van der Waals surface area contributed by atoms with Gasteiger partial charge in [-0.15, -0.1) is 0 Å². The third-order valence-electron chi connectivity index (χ3n) is 5.56. The molecule has 1 aromatic carbocycles. The number of hydrogen-bond donors (Lipinski definition) is 5. The first-order chi connectivity index (χ1) is 13.5. The van der Waals surface area contributed by atoms with Crippen molar-refractivity contribution in [1.82, 2.24) is 10.6 Å². The number of amides is 1. The highest BCUT2D eigenvalue weighted by Crippen LogP contribution is 2.31. The van der Waals surface area contributed by atoms with Crippen LogP contribution in [-0.4, -0.2) is 59.4 Å². The summed E-state index contributed by atoms with van der Waals surface area (Å²) in [6.45, 7) is 0.728. The lowest BCUT2D eigenvalue weighted by atomic mass is 9.72. The van der Waals surface area contributed by atoms with E-state index < -0.39 is 19.0 Å². The van der Waals surface area contributed by atoms with Crippen molar-refractivity contribution in [2.24, 2.45) is 5.92 Å². The predicted molar refractivity (Wildman–Crippen MR) is 103 cm³/mol. The zero-order valence-electron chi connectivity index (χ0n) is 15.8. The van der Waals surface area contributed by atoms with E-state index in [2.05, 4.69) is 10.6 Å². The molecule has 1 aromatic rings. The molecule has 0 bridgehead atoms. The van der Waals surface area contributed by atoms with E-state index in [1.165, 1.54) is 6.07 Å². The Labute approximate surface area is 164 Å². The summed E-state index contributed by atoms with van der Waals surface area (Å²) < 4.78 is 5.41. The zero-order valence-corrected chi connectivity index (χ0v) is 15.8. The Morgan fingerprint density at radius 1 is 1.21 bits per heavy atom. The maximum atomic E-state index is 12.4. The third kappa shape index (κ3) is 5.04. The fourth-order valence-electron chi connectivity index (χ4n) is 4.08. The van der Waals surface area contributed by atoms with Gasteiger partial charge in [0.15, 0.2) is 0 Å². The normalized spacial score (nSPS) is 24.2. The molecule has 2 aliphatic rings. The minimum Gasteiger partial charge on any atom is -0.534 e. The lowest BCUT2D eigenvalue weighted by molar-refractivity contribution is -0.122. The van der Waals surface area contributed by atoms with Crippen molar-refractivity contribution in [3.05, 3.63) is 29.3 Å². The number of para-hydroxylation sites is 1. The lowest BCUT2D eigenvalue weighted by Crippen LogP contribution is -2.53. The van der Waals surface area contributed by atoms with Gasteiger partial charge in [-0.3, -0.25) is 4.79 Å². The molecule has 1 fully saturated rings. The maximum absolute atomic E-state index is 12.4. The van der Waals surface area contributed by atoms with Gasteiger partial charge in [-0.25, -0.2) is 4.79 Å². The number of nitrogens with one attached hydrogen (secondary N) is 2. The number of aliphatic hydroxyl groups excluding tert-OH is 1. The minimum atomic E-state index is -1.28. The molecule has 0 aromatic heterocycles. The lowest BCUT2D eigenvalue weighted by Gasteiger charge is -2.31. The number of fused-ring (bicyclic) bond motifs is 1. The van der Waals surface area contributed by atoms with E-state index in [1.54, 1.807) is 12.1 Å². The average Bonchev–Trinajstić information content (AvgIpc) is 2.67. The van der Waals surface area contributed by atoms with Crippen LogP contribution in [0.1, 0.15) is 48.0 Å². The average molecular weight is 390 g/mol. The smallest absolute Gasteiger partial charge is 0.534 e. The molecular formula is C19H27BN2O6. The van der Waals surface area contributed by atoms with Crippen molar-refractivity contribution < 1.29 is 29.5 Å². The largest absolute Gasteiger partial charge is 0.547 e. The van der Waals surface area contributed by atoms with Crippen molar-refractivity contribution >= 4 is 19.0 Å². The fraction of sp³-hybridized carbons (Fsp3) is 0.579. The van der Waals surface area contributed by atoms with Gasteiger partial charge in [-0.1, -0.05) is 12.1 Å². The first-order valence-corrected chi connectivity index (χ1v) is 9.81. The molecule has 3 rings (SSSR count). The standard InChI is InChI=1S/C19H27BN2O6/c23-9-8-21-14-6-4-12(5-7-14)10-17(24)22-16-11-13-2-1-3-15(19(25)26)18(13)28-20(16)27/h1-3,12,14,16,21,23,27H,4-11H2,(H,22,24)(H,25,26)/t12?,14?,16-/m0/s1. The summed E-state index contributed by atoms with van der Waals surface area (Å²) in [5.74, 6) is -1.37. The molecule has 0 saturated heterocycles. The summed E-state index contributed by atoms with van der Waals surface area (Å²) in [5.41, 5.74) is 0.666. The molecular weight excluding hydrogens is 363 g/mol. The number of rotatable bonds is 7. The number of carboxylic acid groups (broad SMARTS) is 1. The van der Waals surface area contributed by atoms with Crippen LogP contribution in [0.3, 0.4) is 0 Å². The summed E-state index contributed by atoms with van der Waals surface area (Å²) in [6.07, 6.45) is 4.59. The monoisotopic (exact) mass is 390 g/mol. The second-order valence-corrected chi connectivity index (χ2v) is 7.59. The number of aliphatic hydroxyl groups is 1. The van der Waals surface area contributed by atoms with E-state index in [9.17, 15) is 19.7 Å². The molecule has 1 atom stereocenters. The Bertz CT molecular complexity index is 708. The Morgan fingerprint density at radius 2 is 1.96 bits per heavy atom. The summed E-state index contributed by atoms with van der Waals surface area (Å²) in [6, 6.07) is 5.21. The van der Waals surface area contributed by atoms with E-state index in [0.29, 0.717) is 36.9 Å². The molecule has 8 nitrogen and oxygen atoms in total. The zero-order chi connectivity index (χ0) is 20.1. The summed E-state index contributed by atoms with van der Waals surface area (Å²) in [7, 11) is -1.28. The molecule has 1 amide bonds. The summed E-state index contributed by atoms with van der Waals surface area (Å²) in [5, 5.41) is 34.5. The topological polar surface area (TPSA) is 128 Å². The number of carboxylic acids is 1. The van der Waals surface area contributed by atoms with Crippen LogP contribution < -0.4 is 15.3 Å². The van der Waals surface area contributed by atoms with Crippen molar-refractivity contribution in [1.29, 1.82) is 0 Å². The first kappa shape index (κ1) is 20.6. The maximum Gasteiger partial charge on any atom is 0.547 e. The van der Waals surface area contributed by atoms with Crippen LogP contribution in [0.4, 0.5) is 0 Å². The van der Waals surface area contributed by atoms with Crippen LogP contribution in [0, 0.1) is 5.92 Å². The van der Waals surface area contributed by atoms with Gasteiger partial charge in [0.2, 0.25) is 5.91 Å². The van der Waals surface area contributed by atoms with E-state index in [4.69, 9.17) is 9.76 Å². The number of aromatic carboxylic acids is 1. The molecule has 1 aliphatic carbocycles. The molecule has 152 valence electrons. The number of benzene rings is 1. The molecule has 0 radical (unpaired) electrons. The highest BCUT2D eigenvalue weighted by Gasteiger charge is 2.38. The van der Waals surface area contributed by atoms with Crippen LogP contribution in [0.25, 0.3) is 0 Å². The summed E-state index contributed by atoms with van der Waals surface area (Å²) >= 11 is 0. The van der Waals surface area contributed by atoms with E-state index in [-0.39, 0.29) is 23.8 Å². The van der Waals surface area contributed by atoms with Crippen LogP contribution in [0.15, 0.2) is 18.2 Å². The van der Waals surface area contributed by atoms with E-state index in [1.807, 2.05) is 0 Å². The second kappa shape index (κ2) is 9.40. The molecule has 5 N–H and O–H groups in total. The Hall–Kier alpha value is -2.10. The Morgan fingerprint density at radius 3 is 2.64 bits per heavy atom. The Kier molecular flexibility index (Phi) is 6.93. The highest BCUT2D eigenvalue weighted by atomic mass is 16.5. The number of carbonyl (C=O) groups excluding carboxylic acids is 1. The van der Waals surface area contributed by atoms with E-state index >= 15 is 0 Å². The van der Waals surface area contributed by atoms with Gasteiger partial charge in [0, 0.05) is 19.0 Å². The molecule has 28 heavy (non-hydrogen) atoms. The SMILES string of the molecule is O=C(CC1CCC(NCCO)CC1)N[C@H]1Cc2cccc(C(=O)O)c2OB1O. The third-order valence-corrected chi connectivity index (χ3v) is 5.56. The number of hydrogen-bond acceptors (Lipinski definition) is 6. The quantitative estimate of drug-likeness (QED) is 0.425. The van der Waals surface area contributed by atoms with Gasteiger partial charge < -0.3 is 30.5 Å². The first-order valence-electron chi connectivity index (χ1n) is 9.81. The molecule has 0 unspecified atom stereocenters. The van der Waals surface area contributed by atoms with Gasteiger partial charge in [-0.05, 0) is 49.7 Å². The van der Waals surface area contributed by atoms with Crippen molar-refractivity contribution in [2.45, 2.75) is 50.5 Å². The van der Waals surface area contributed by atoms with Crippen LogP contribution >= 0.6 is 0 Å². The minimum absolute atomic E-state index is 0.00731. The molecule has 1 heterocycles. The summed E-state index contributed by atoms with van der Waals surface area (Å²) in [4.78, 5) is 23.7. The van der Waals surface area contributed by atoms with Gasteiger partial charge >= 0.3 is 13.1 Å². The van der Waals surface area contributed by atoms with Crippen molar-refractivity contribution in [3.63, 3.8) is 0 Å².